The molecule has 0 unspecified atom stereocenters. The summed E-state index contributed by atoms with van der Waals surface area (Å²) in [7, 11) is 0. The normalized spacial score (nSPS) is 16.2. The molecule has 0 atom stereocenters. The van der Waals surface area contributed by atoms with Crippen LogP contribution in [0.15, 0.2) is 18.3 Å². The number of amides is 1. The number of pyridine rings is 1. The topological polar surface area (TPSA) is 62.2 Å². The third-order valence-corrected chi connectivity index (χ3v) is 3.03. The second-order valence-electron chi connectivity index (χ2n) is 4.23. The van der Waals surface area contributed by atoms with Crippen LogP contribution >= 0.6 is 0 Å². The Morgan fingerprint density at radius 3 is 2.94 bits per heavy atom. The zero-order valence-corrected chi connectivity index (χ0v) is 9.15. The van der Waals surface area contributed by atoms with Crippen molar-refractivity contribution < 1.29 is 9.90 Å². The van der Waals surface area contributed by atoms with E-state index in [-0.39, 0.29) is 17.4 Å². The highest BCUT2D eigenvalue weighted by molar-refractivity contribution is 5.94. The molecule has 4 nitrogen and oxygen atoms in total. The van der Waals surface area contributed by atoms with Crippen LogP contribution in [-0.2, 0) is 0 Å². The Morgan fingerprint density at radius 1 is 1.50 bits per heavy atom. The molecule has 1 heterocycles. The zero-order valence-electron chi connectivity index (χ0n) is 9.15. The van der Waals surface area contributed by atoms with Crippen LogP contribution in [0.25, 0.3) is 0 Å². The summed E-state index contributed by atoms with van der Waals surface area (Å²) in [5.41, 5.74) is 0.112. The lowest BCUT2D eigenvalue weighted by Gasteiger charge is -2.10. The predicted molar refractivity (Wildman–Crippen MR) is 60.2 cm³/mol. The molecule has 0 aliphatic heterocycles. The number of carbonyl (C=O) groups excluding carboxylic acids is 1. The van der Waals surface area contributed by atoms with Crippen LogP contribution in [0.2, 0.25) is 0 Å². The predicted octanol–water partition coefficient (Wildman–Crippen LogP) is 1.71. The third-order valence-electron chi connectivity index (χ3n) is 3.03. The van der Waals surface area contributed by atoms with Crippen LogP contribution in [0.4, 0.5) is 0 Å². The highest BCUT2D eigenvalue weighted by atomic mass is 16.3. The molecule has 4 heteroatoms. The second-order valence-corrected chi connectivity index (χ2v) is 4.23. The minimum Gasteiger partial charge on any atom is -0.505 e. The fourth-order valence-corrected chi connectivity index (χ4v) is 2.11. The van der Waals surface area contributed by atoms with E-state index in [1.807, 2.05) is 0 Å². The van der Waals surface area contributed by atoms with Gasteiger partial charge in [0.05, 0.1) is 0 Å². The molecule has 1 aliphatic carbocycles. The van der Waals surface area contributed by atoms with Crippen LogP contribution in [-0.4, -0.2) is 22.5 Å². The Bertz CT molecular complexity index is 373. The monoisotopic (exact) mass is 220 g/mol. The Balaban J connectivity index is 1.90. The fourth-order valence-electron chi connectivity index (χ4n) is 2.11. The lowest BCUT2D eigenvalue weighted by molar-refractivity contribution is 0.0939. The highest BCUT2D eigenvalue weighted by Crippen LogP contribution is 2.23. The quantitative estimate of drug-likeness (QED) is 0.815. The summed E-state index contributed by atoms with van der Waals surface area (Å²) < 4.78 is 0. The number of aromatic nitrogens is 1. The molecule has 0 bridgehead atoms. The van der Waals surface area contributed by atoms with E-state index in [1.54, 1.807) is 6.07 Å². The van der Waals surface area contributed by atoms with Crippen LogP contribution in [0.5, 0.6) is 5.75 Å². The number of nitrogens with one attached hydrogen (secondary N) is 1. The summed E-state index contributed by atoms with van der Waals surface area (Å²) in [5, 5.41) is 12.3. The first-order chi connectivity index (χ1) is 7.77. The molecule has 2 rings (SSSR count). The molecule has 1 aromatic rings. The van der Waals surface area contributed by atoms with Gasteiger partial charge in [-0.1, -0.05) is 12.8 Å². The van der Waals surface area contributed by atoms with Crippen LogP contribution < -0.4 is 5.32 Å². The molecule has 2 N–H and O–H groups in total. The van der Waals surface area contributed by atoms with E-state index in [0.717, 1.165) is 0 Å². The number of aromatic hydroxyl groups is 1. The molecule has 0 aromatic carbocycles. The molecular formula is C12H16N2O2. The molecule has 1 fully saturated rings. The van der Waals surface area contributed by atoms with Crippen LogP contribution in [0.1, 0.15) is 36.2 Å². The van der Waals surface area contributed by atoms with E-state index < -0.39 is 0 Å². The minimum atomic E-state index is -0.287. The molecule has 1 aromatic heterocycles. The van der Waals surface area contributed by atoms with Crippen molar-refractivity contribution in [2.75, 3.05) is 6.54 Å². The summed E-state index contributed by atoms with van der Waals surface area (Å²) in [6.45, 7) is 0.689. The van der Waals surface area contributed by atoms with Crippen LogP contribution in [0, 0.1) is 5.92 Å². The first-order valence-electron chi connectivity index (χ1n) is 5.69. The number of rotatable bonds is 3. The van der Waals surface area contributed by atoms with Gasteiger partial charge in [0.2, 0.25) is 0 Å². The molecular weight excluding hydrogens is 204 g/mol. The average molecular weight is 220 g/mol. The van der Waals surface area contributed by atoms with Crippen molar-refractivity contribution in [3.05, 3.63) is 24.0 Å². The number of hydrogen-bond donors (Lipinski definition) is 2. The third kappa shape index (κ3) is 2.51. The summed E-state index contributed by atoms with van der Waals surface area (Å²) in [6, 6.07) is 3.07. The standard InChI is InChI=1S/C12H16N2O2/c15-10-6-3-7-13-11(10)12(16)14-8-9-4-1-2-5-9/h3,6-7,9,15H,1-2,4-5,8H2,(H,14,16). The van der Waals surface area contributed by atoms with Gasteiger partial charge in [-0.15, -0.1) is 0 Å². The Labute approximate surface area is 94.7 Å². The van der Waals surface area contributed by atoms with E-state index in [4.69, 9.17) is 0 Å². The molecule has 86 valence electrons. The molecule has 0 saturated heterocycles. The summed E-state index contributed by atoms with van der Waals surface area (Å²) in [5.74, 6) is 0.242. The summed E-state index contributed by atoms with van der Waals surface area (Å²) >= 11 is 0. The van der Waals surface area contributed by atoms with Gasteiger partial charge in [-0.3, -0.25) is 4.79 Å². The Hall–Kier alpha value is -1.58. The Kier molecular flexibility index (Phi) is 3.39. The number of nitrogens with zero attached hydrogens (tertiary/aromatic N) is 1. The minimum absolute atomic E-state index is 0.0635. The largest absolute Gasteiger partial charge is 0.505 e. The van der Waals surface area contributed by atoms with Gasteiger partial charge in [-0.25, -0.2) is 4.98 Å². The van der Waals surface area contributed by atoms with Crippen molar-refractivity contribution in [2.24, 2.45) is 5.92 Å². The SMILES string of the molecule is O=C(NCC1CCCC1)c1ncccc1O. The molecule has 1 saturated carbocycles. The van der Waals surface area contributed by atoms with Crippen molar-refractivity contribution in [3.8, 4) is 5.75 Å². The van der Waals surface area contributed by atoms with Gasteiger partial charge in [0.25, 0.3) is 5.91 Å². The first kappa shape index (κ1) is 10.9. The van der Waals surface area contributed by atoms with Crippen molar-refractivity contribution in [2.45, 2.75) is 25.7 Å². The van der Waals surface area contributed by atoms with E-state index in [9.17, 15) is 9.90 Å². The van der Waals surface area contributed by atoms with E-state index in [2.05, 4.69) is 10.3 Å². The molecule has 1 aliphatic rings. The van der Waals surface area contributed by atoms with Gasteiger partial charge in [-0.2, -0.15) is 0 Å². The van der Waals surface area contributed by atoms with E-state index in [1.165, 1.54) is 37.9 Å². The lowest BCUT2D eigenvalue weighted by atomic mass is 10.1. The van der Waals surface area contributed by atoms with Crippen LogP contribution in [0.3, 0.4) is 0 Å². The van der Waals surface area contributed by atoms with Gasteiger partial charge in [0.15, 0.2) is 5.69 Å². The molecule has 16 heavy (non-hydrogen) atoms. The van der Waals surface area contributed by atoms with Gasteiger partial charge in [0.1, 0.15) is 5.75 Å². The van der Waals surface area contributed by atoms with Gasteiger partial charge >= 0.3 is 0 Å². The van der Waals surface area contributed by atoms with Crippen molar-refractivity contribution >= 4 is 5.91 Å². The zero-order chi connectivity index (χ0) is 11.4. The first-order valence-corrected chi connectivity index (χ1v) is 5.69. The average Bonchev–Trinajstić information content (AvgIpc) is 2.79. The molecule has 1 amide bonds. The maximum Gasteiger partial charge on any atom is 0.273 e. The molecule has 0 radical (unpaired) electrons. The fraction of sp³-hybridized carbons (Fsp3) is 0.500. The smallest absolute Gasteiger partial charge is 0.273 e. The maximum atomic E-state index is 11.7. The maximum absolute atomic E-state index is 11.7. The number of carbonyl (C=O) groups is 1. The summed E-state index contributed by atoms with van der Waals surface area (Å²) in [4.78, 5) is 15.5. The van der Waals surface area contributed by atoms with Crippen molar-refractivity contribution in [1.29, 1.82) is 0 Å². The van der Waals surface area contributed by atoms with Gasteiger partial charge in [0, 0.05) is 12.7 Å². The van der Waals surface area contributed by atoms with E-state index >= 15 is 0 Å². The van der Waals surface area contributed by atoms with Gasteiger partial charge in [-0.05, 0) is 30.9 Å². The second kappa shape index (κ2) is 4.96. The lowest BCUT2D eigenvalue weighted by Crippen LogP contribution is -2.29. The Morgan fingerprint density at radius 2 is 2.25 bits per heavy atom. The van der Waals surface area contributed by atoms with Crippen molar-refractivity contribution in [3.63, 3.8) is 0 Å². The summed E-state index contributed by atoms with van der Waals surface area (Å²) in [6.07, 6.45) is 6.40. The van der Waals surface area contributed by atoms with Gasteiger partial charge < -0.3 is 10.4 Å². The van der Waals surface area contributed by atoms with Crippen molar-refractivity contribution in [1.82, 2.24) is 10.3 Å². The molecule has 0 spiro atoms. The number of hydrogen-bond acceptors (Lipinski definition) is 3. The highest BCUT2D eigenvalue weighted by Gasteiger charge is 2.17. The van der Waals surface area contributed by atoms with E-state index in [0.29, 0.717) is 12.5 Å².